The molecule has 0 fully saturated rings. The highest BCUT2D eigenvalue weighted by Gasteiger charge is 2.18. The van der Waals surface area contributed by atoms with Crippen molar-refractivity contribution in [1.82, 2.24) is 9.78 Å². The molecule has 1 aromatic heterocycles. The zero-order chi connectivity index (χ0) is 14.2. The minimum atomic E-state index is -0.509. The maximum Gasteiger partial charge on any atom is 0.171 e. The van der Waals surface area contributed by atoms with Gasteiger partial charge in [-0.15, -0.1) is 0 Å². The fourth-order valence-electron chi connectivity index (χ4n) is 1.97. The first-order chi connectivity index (χ1) is 8.90. The molecule has 0 N–H and O–H groups in total. The first-order valence-corrected chi connectivity index (χ1v) is 6.25. The Balaban J connectivity index is 2.33. The maximum absolute atomic E-state index is 13.7. The number of rotatable bonds is 3. The molecule has 0 saturated heterocycles. The van der Waals surface area contributed by atoms with E-state index >= 15 is 0 Å². The summed E-state index contributed by atoms with van der Waals surface area (Å²) in [6.07, 6.45) is 0.0382. The number of hydrogen-bond donors (Lipinski definition) is 0. The normalized spacial score (nSPS) is 10.8. The number of halogens is 2. The van der Waals surface area contributed by atoms with E-state index in [9.17, 15) is 9.18 Å². The Morgan fingerprint density at radius 2 is 2.11 bits per heavy atom. The standard InChI is InChI=1S/C14H14ClFN2O/c1-8-4-5-11(16)10(6-8)13(19)7-12-14(15)9(2)17-18(12)3/h4-6H,7H2,1-3H3. The van der Waals surface area contributed by atoms with E-state index in [4.69, 9.17) is 11.6 Å². The lowest BCUT2D eigenvalue weighted by atomic mass is 10.0. The molecule has 0 unspecified atom stereocenters. The van der Waals surface area contributed by atoms with Gasteiger partial charge < -0.3 is 0 Å². The summed E-state index contributed by atoms with van der Waals surface area (Å²) in [7, 11) is 1.72. The third-order valence-electron chi connectivity index (χ3n) is 3.01. The summed E-state index contributed by atoms with van der Waals surface area (Å²) < 4.78 is 15.2. The highest BCUT2D eigenvalue weighted by Crippen LogP contribution is 2.22. The van der Waals surface area contributed by atoms with Crippen molar-refractivity contribution in [2.24, 2.45) is 7.05 Å². The summed E-state index contributed by atoms with van der Waals surface area (Å²) in [6, 6.07) is 4.49. The van der Waals surface area contributed by atoms with Gasteiger partial charge in [0.05, 0.1) is 28.4 Å². The molecule has 0 aliphatic heterocycles. The number of hydrogen-bond acceptors (Lipinski definition) is 2. The number of carbonyl (C=O) groups is 1. The molecule has 3 nitrogen and oxygen atoms in total. The van der Waals surface area contributed by atoms with Crippen LogP contribution in [0.1, 0.15) is 27.3 Å². The van der Waals surface area contributed by atoms with E-state index in [0.717, 1.165) is 5.56 Å². The van der Waals surface area contributed by atoms with Crippen molar-refractivity contribution >= 4 is 17.4 Å². The predicted octanol–water partition coefficient (Wildman–Crippen LogP) is 3.25. The second-order valence-electron chi connectivity index (χ2n) is 4.55. The molecule has 0 amide bonds. The maximum atomic E-state index is 13.7. The Hall–Kier alpha value is -1.68. The van der Waals surface area contributed by atoms with E-state index in [2.05, 4.69) is 5.10 Å². The van der Waals surface area contributed by atoms with Gasteiger partial charge in [0, 0.05) is 7.05 Å². The van der Waals surface area contributed by atoms with E-state index in [-0.39, 0.29) is 17.8 Å². The molecule has 0 saturated carbocycles. The average molecular weight is 281 g/mol. The molecule has 2 rings (SSSR count). The Labute approximate surface area is 116 Å². The summed E-state index contributed by atoms with van der Waals surface area (Å²) in [5.41, 5.74) is 2.20. The lowest BCUT2D eigenvalue weighted by Crippen LogP contribution is -2.10. The van der Waals surface area contributed by atoms with Crippen molar-refractivity contribution in [2.45, 2.75) is 20.3 Å². The van der Waals surface area contributed by atoms with Gasteiger partial charge >= 0.3 is 0 Å². The van der Waals surface area contributed by atoms with Crippen LogP contribution in [0.5, 0.6) is 0 Å². The molecule has 0 aliphatic carbocycles. The molecule has 0 spiro atoms. The number of ketones is 1. The van der Waals surface area contributed by atoms with Crippen molar-refractivity contribution in [1.29, 1.82) is 0 Å². The van der Waals surface area contributed by atoms with Crippen LogP contribution in [-0.2, 0) is 13.5 Å². The van der Waals surface area contributed by atoms with Crippen molar-refractivity contribution in [3.63, 3.8) is 0 Å². The first kappa shape index (κ1) is 13.7. The van der Waals surface area contributed by atoms with Crippen LogP contribution < -0.4 is 0 Å². The number of Topliss-reactive ketones (excluding diaryl/α,β-unsaturated/α-hetero) is 1. The van der Waals surface area contributed by atoms with E-state index in [1.807, 2.05) is 6.92 Å². The summed E-state index contributed by atoms with van der Waals surface area (Å²) in [4.78, 5) is 12.2. The molecule has 0 radical (unpaired) electrons. The number of carbonyl (C=O) groups excluding carboxylic acids is 1. The molecule has 0 atom stereocenters. The van der Waals surface area contributed by atoms with Gasteiger partial charge in [0.15, 0.2) is 5.78 Å². The quantitative estimate of drug-likeness (QED) is 0.809. The Morgan fingerprint density at radius 3 is 2.68 bits per heavy atom. The zero-order valence-electron chi connectivity index (χ0n) is 11.0. The van der Waals surface area contributed by atoms with Crippen LogP contribution >= 0.6 is 11.6 Å². The van der Waals surface area contributed by atoms with E-state index in [0.29, 0.717) is 16.4 Å². The molecule has 19 heavy (non-hydrogen) atoms. The van der Waals surface area contributed by atoms with Crippen LogP contribution in [0.15, 0.2) is 18.2 Å². The van der Waals surface area contributed by atoms with Crippen LogP contribution in [0.25, 0.3) is 0 Å². The van der Waals surface area contributed by atoms with Crippen LogP contribution in [0, 0.1) is 19.7 Å². The van der Waals surface area contributed by atoms with E-state index in [1.54, 1.807) is 30.8 Å². The minimum Gasteiger partial charge on any atom is -0.294 e. The predicted molar refractivity (Wildman–Crippen MR) is 72.1 cm³/mol. The topological polar surface area (TPSA) is 34.9 Å². The van der Waals surface area contributed by atoms with Crippen molar-refractivity contribution in [2.75, 3.05) is 0 Å². The van der Waals surface area contributed by atoms with Crippen LogP contribution in [0.3, 0.4) is 0 Å². The van der Waals surface area contributed by atoms with Gasteiger partial charge in [-0.05, 0) is 26.0 Å². The summed E-state index contributed by atoms with van der Waals surface area (Å²) >= 11 is 6.09. The van der Waals surface area contributed by atoms with Gasteiger partial charge in [-0.1, -0.05) is 23.2 Å². The highest BCUT2D eigenvalue weighted by molar-refractivity contribution is 6.32. The Morgan fingerprint density at radius 1 is 1.42 bits per heavy atom. The van der Waals surface area contributed by atoms with Crippen LogP contribution in [-0.4, -0.2) is 15.6 Å². The summed E-state index contributed by atoms with van der Waals surface area (Å²) in [6.45, 7) is 3.58. The second kappa shape index (κ2) is 5.13. The Bertz CT molecular complexity index is 649. The number of nitrogens with zero attached hydrogens (tertiary/aromatic N) is 2. The molecule has 0 aliphatic rings. The summed E-state index contributed by atoms with van der Waals surface area (Å²) in [5, 5.41) is 4.60. The number of aryl methyl sites for hydroxylation is 3. The van der Waals surface area contributed by atoms with Crippen molar-refractivity contribution in [3.05, 3.63) is 51.6 Å². The SMILES string of the molecule is Cc1ccc(F)c(C(=O)Cc2c(Cl)c(C)nn2C)c1. The second-order valence-corrected chi connectivity index (χ2v) is 4.93. The molecule has 0 bridgehead atoms. The first-order valence-electron chi connectivity index (χ1n) is 5.87. The molecule has 5 heteroatoms. The molecule has 1 heterocycles. The van der Waals surface area contributed by atoms with E-state index in [1.165, 1.54) is 6.07 Å². The fourth-order valence-corrected chi connectivity index (χ4v) is 2.20. The third kappa shape index (κ3) is 2.68. The number of aromatic nitrogens is 2. The molecule has 1 aromatic carbocycles. The number of benzene rings is 1. The smallest absolute Gasteiger partial charge is 0.171 e. The van der Waals surface area contributed by atoms with E-state index < -0.39 is 5.82 Å². The van der Waals surface area contributed by atoms with Gasteiger partial charge in [0.1, 0.15) is 5.82 Å². The van der Waals surface area contributed by atoms with Gasteiger partial charge in [-0.2, -0.15) is 5.10 Å². The lowest BCUT2D eigenvalue weighted by Gasteiger charge is -2.05. The summed E-state index contributed by atoms with van der Waals surface area (Å²) in [5.74, 6) is -0.809. The molecular formula is C14H14ClFN2O. The molecule has 100 valence electrons. The molecular weight excluding hydrogens is 267 g/mol. The lowest BCUT2D eigenvalue weighted by molar-refractivity contribution is 0.0987. The highest BCUT2D eigenvalue weighted by atomic mass is 35.5. The van der Waals surface area contributed by atoms with Gasteiger partial charge in [-0.3, -0.25) is 9.48 Å². The third-order valence-corrected chi connectivity index (χ3v) is 3.50. The monoisotopic (exact) mass is 280 g/mol. The minimum absolute atomic E-state index is 0.0382. The largest absolute Gasteiger partial charge is 0.294 e. The average Bonchev–Trinajstić information content (AvgIpc) is 2.59. The zero-order valence-corrected chi connectivity index (χ0v) is 11.8. The van der Waals surface area contributed by atoms with Crippen molar-refractivity contribution < 1.29 is 9.18 Å². The van der Waals surface area contributed by atoms with Crippen LogP contribution in [0.4, 0.5) is 4.39 Å². The van der Waals surface area contributed by atoms with Crippen molar-refractivity contribution in [3.8, 4) is 0 Å². The van der Waals surface area contributed by atoms with Crippen LogP contribution in [0.2, 0.25) is 5.02 Å². The Kier molecular flexibility index (Phi) is 3.71. The van der Waals surface area contributed by atoms with Gasteiger partial charge in [-0.25, -0.2) is 4.39 Å². The van der Waals surface area contributed by atoms with Gasteiger partial charge in [0.2, 0.25) is 0 Å². The molecule has 2 aromatic rings. The fraction of sp³-hybridized carbons (Fsp3) is 0.286. The van der Waals surface area contributed by atoms with Gasteiger partial charge in [0.25, 0.3) is 0 Å².